The molecule has 1 saturated heterocycles. The number of carboxylic acid groups (broad SMARTS) is 1. The van der Waals surface area contributed by atoms with E-state index in [0.29, 0.717) is 5.69 Å². The van der Waals surface area contributed by atoms with E-state index in [4.69, 9.17) is 5.11 Å². The Morgan fingerprint density at radius 3 is 2.50 bits per heavy atom. The van der Waals surface area contributed by atoms with Crippen LogP contribution in [0.2, 0.25) is 0 Å². The predicted octanol–water partition coefficient (Wildman–Crippen LogP) is 4.36. The number of nitrogens with zero attached hydrogens (tertiary/aromatic N) is 2. The molecule has 1 aromatic heterocycles. The molecule has 134 valence electrons. The van der Waals surface area contributed by atoms with Crippen LogP contribution in [-0.2, 0) is 4.79 Å². The largest absolute Gasteiger partial charge is 0.478 e. The Morgan fingerprint density at radius 2 is 1.85 bits per heavy atom. The Labute approximate surface area is 154 Å². The predicted molar refractivity (Wildman–Crippen MR) is 105 cm³/mol. The summed E-state index contributed by atoms with van der Waals surface area (Å²) in [6, 6.07) is 12.4. The number of likely N-dealkylation sites (tertiary alicyclic amines) is 1. The van der Waals surface area contributed by atoms with Crippen LogP contribution in [0.3, 0.4) is 0 Å². The van der Waals surface area contributed by atoms with E-state index in [9.17, 15) is 4.79 Å². The van der Waals surface area contributed by atoms with Gasteiger partial charge in [-0.15, -0.1) is 0 Å². The average Bonchev–Trinajstić information content (AvgIpc) is 3.17. The standard InChI is InChI=1S/C22H24N2O2/c1-16-7-9-18(10-8-16)22(17(2)24-14-3-4-15-24)19-6-5-13-23-20(19)11-12-21(25)26/h5-13H,3-4,14-15H2,1-2H3,(H,25,26). The van der Waals surface area contributed by atoms with Crippen molar-refractivity contribution in [2.75, 3.05) is 13.1 Å². The summed E-state index contributed by atoms with van der Waals surface area (Å²) in [5.41, 5.74) is 6.29. The average molecular weight is 348 g/mol. The molecule has 0 atom stereocenters. The normalized spacial score (nSPS) is 15.4. The van der Waals surface area contributed by atoms with Crippen molar-refractivity contribution in [2.24, 2.45) is 0 Å². The number of rotatable bonds is 5. The zero-order valence-electron chi connectivity index (χ0n) is 15.3. The van der Waals surface area contributed by atoms with Gasteiger partial charge in [0.25, 0.3) is 0 Å². The monoisotopic (exact) mass is 348 g/mol. The van der Waals surface area contributed by atoms with Crippen molar-refractivity contribution < 1.29 is 9.90 Å². The summed E-state index contributed by atoms with van der Waals surface area (Å²) in [5.74, 6) is -0.973. The van der Waals surface area contributed by atoms with E-state index in [-0.39, 0.29) is 0 Å². The number of aliphatic carboxylic acids is 1. The van der Waals surface area contributed by atoms with Crippen LogP contribution < -0.4 is 0 Å². The molecular weight excluding hydrogens is 324 g/mol. The Morgan fingerprint density at radius 1 is 1.15 bits per heavy atom. The number of pyridine rings is 1. The second kappa shape index (κ2) is 8.00. The summed E-state index contributed by atoms with van der Waals surface area (Å²) in [6.45, 7) is 6.34. The smallest absolute Gasteiger partial charge is 0.328 e. The van der Waals surface area contributed by atoms with Gasteiger partial charge in [-0.3, -0.25) is 4.98 Å². The highest BCUT2D eigenvalue weighted by molar-refractivity contribution is 5.89. The minimum atomic E-state index is -0.973. The highest BCUT2D eigenvalue weighted by Gasteiger charge is 2.19. The summed E-state index contributed by atoms with van der Waals surface area (Å²) in [6.07, 6.45) is 6.82. The van der Waals surface area contributed by atoms with Crippen molar-refractivity contribution >= 4 is 17.6 Å². The van der Waals surface area contributed by atoms with Crippen LogP contribution in [0.25, 0.3) is 11.6 Å². The molecule has 2 aromatic rings. The highest BCUT2D eigenvalue weighted by Crippen LogP contribution is 2.32. The molecule has 2 heterocycles. The molecule has 0 unspecified atom stereocenters. The fourth-order valence-corrected chi connectivity index (χ4v) is 3.40. The third-order valence-electron chi connectivity index (χ3n) is 4.77. The topological polar surface area (TPSA) is 53.4 Å². The summed E-state index contributed by atoms with van der Waals surface area (Å²) < 4.78 is 0. The Kier molecular flexibility index (Phi) is 5.52. The molecule has 0 bridgehead atoms. The van der Waals surface area contributed by atoms with Crippen LogP contribution in [0, 0.1) is 6.92 Å². The molecule has 0 saturated carbocycles. The molecule has 0 amide bonds. The molecule has 4 heteroatoms. The van der Waals surface area contributed by atoms with E-state index < -0.39 is 5.97 Å². The first-order valence-electron chi connectivity index (χ1n) is 8.95. The third-order valence-corrected chi connectivity index (χ3v) is 4.77. The number of aromatic nitrogens is 1. The van der Waals surface area contributed by atoms with Crippen molar-refractivity contribution in [1.82, 2.24) is 9.88 Å². The lowest BCUT2D eigenvalue weighted by Gasteiger charge is -2.24. The van der Waals surface area contributed by atoms with E-state index in [1.165, 1.54) is 24.1 Å². The summed E-state index contributed by atoms with van der Waals surface area (Å²) in [7, 11) is 0. The van der Waals surface area contributed by atoms with Crippen molar-refractivity contribution in [1.29, 1.82) is 0 Å². The van der Waals surface area contributed by atoms with E-state index in [2.05, 4.69) is 48.0 Å². The summed E-state index contributed by atoms with van der Waals surface area (Å²) in [5, 5.41) is 9.00. The van der Waals surface area contributed by atoms with Gasteiger partial charge in [0.1, 0.15) is 0 Å². The van der Waals surface area contributed by atoms with Crippen LogP contribution in [-0.4, -0.2) is 34.0 Å². The number of carboxylic acids is 1. The number of allylic oxidation sites excluding steroid dienone is 1. The van der Waals surface area contributed by atoms with Crippen molar-refractivity contribution in [3.05, 3.63) is 76.8 Å². The molecule has 4 nitrogen and oxygen atoms in total. The number of hydrogen-bond acceptors (Lipinski definition) is 3. The minimum absolute atomic E-state index is 0.670. The lowest BCUT2D eigenvalue weighted by atomic mass is 9.93. The first-order valence-corrected chi connectivity index (χ1v) is 8.95. The van der Waals surface area contributed by atoms with Gasteiger partial charge < -0.3 is 10.0 Å². The Bertz CT molecular complexity index is 845. The molecule has 0 aliphatic carbocycles. The van der Waals surface area contributed by atoms with Crippen molar-refractivity contribution in [3.63, 3.8) is 0 Å². The van der Waals surface area contributed by atoms with Gasteiger partial charge in [-0.05, 0) is 44.4 Å². The number of benzene rings is 1. The van der Waals surface area contributed by atoms with Crippen LogP contribution in [0.4, 0.5) is 0 Å². The molecule has 1 N–H and O–H groups in total. The number of carbonyl (C=O) groups is 1. The lowest BCUT2D eigenvalue weighted by molar-refractivity contribution is -0.131. The Hall–Kier alpha value is -2.88. The van der Waals surface area contributed by atoms with Gasteiger partial charge in [-0.1, -0.05) is 35.9 Å². The maximum atomic E-state index is 11.0. The molecule has 1 fully saturated rings. The van der Waals surface area contributed by atoms with E-state index in [1.54, 1.807) is 12.3 Å². The van der Waals surface area contributed by atoms with Gasteiger partial charge in [0.15, 0.2) is 0 Å². The molecule has 0 spiro atoms. The number of aryl methyl sites for hydroxylation is 1. The molecule has 3 rings (SSSR count). The second-order valence-electron chi connectivity index (χ2n) is 6.63. The maximum absolute atomic E-state index is 11.0. The van der Waals surface area contributed by atoms with Gasteiger partial charge in [0.2, 0.25) is 0 Å². The van der Waals surface area contributed by atoms with Crippen molar-refractivity contribution in [2.45, 2.75) is 26.7 Å². The van der Waals surface area contributed by atoms with Crippen molar-refractivity contribution in [3.8, 4) is 0 Å². The van der Waals surface area contributed by atoms with Gasteiger partial charge >= 0.3 is 5.97 Å². The van der Waals surface area contributed by atoms with E-state index in [1.807, 2.05) is 12.1 Å². The molecular formula is C22H24N2O2. The first kappa shape index (κ1) is 17.9. The van der Waals surface area contributed by atoms with Gasteiger partial charge in [0, 0.05) is 42.2 Å². The minimum Gasteiger partial charge on any atom is -0.478 e. The molecule has 1 aliphatic heterocycles. The number of hydrogen-bond donors (Lipinski definition) is 1. The fourth-order valence-electron chi connectivity index (χ4n) is 3.40. The molecule has 0 radical (unpaired) electrons. The lowest BCUT2D eigenvalue weighted by Crippen LogP contribution is -2.18. The first-order chi connectivity index (χ1) is 12.6. The summed E-state index contributed by atoms with van der Waals surface area (Å²) >= 11 is 0. The van der Waals surface area contributed by atoms with Crippen LogP contribution >= 0.6 is 0 Å². The maximum Gasteiger partial charge on any atom is 0.328 e. The van der Waals surface area contributed by atoms with Gasteiger partial charge in [0.05, 0.1) is 5.69 Å². The summed E-state index contributed by atoms with van der Waals surface area (Å²) in [4.78, 5) is 17.8. The molecule has 1 aliphatic rings. The molecule has 1 aromatic carbocycles. The van der Waals surface area contributed by atoms with Gasteiger partial charge in [-0.25, -0.2) is 4.79 Å². The SMILES string of the molecule is CC(=C(c1ccc(C)cc1)c1cccnc1C=CC(=O)O)N1CCCC1. The zero-order valence-corrected chi connectivity index (χ0v) is 15.3. The Balaban J connectivity index is 2.17. The fraction of sp³-hybridized carbons (Fsp3) is 0.273. The van der Waals surface area contributed by atoms with Crippen LogP contribution in [0.1, 0.15) is 42.1 Å². The van der Waals surface area contributed by atoms with E-state index >= 15 is 0 Å². The van der Waals surface area contributed by atoms with Crippen LogP contribution in [0.15, 0.2) is 54.4 Å². The third kappa shape index (κ3) is 4.02. The van der Waals surface area contributed by atoms with Gasteiger partial charge in [-0.2, -0.15) is 0 Å². The highest BCUT2D eigenvalue weighted by atomic mass is 16.4. The quantitative estimate of drug-likeness (QED) is 0.816. The van der Waals surface area contributed by atoms with Crippen LogP contribution in [0.5, 0.6) is 0 Å². The van der Waals surface area contributed by atoms with E-state index in [0.717, 1.165) is 35.9 Å². The zero-order chi connectivity index (χ0) is 18.5. The molecule has 26 heavy (non-hydrogen) atoms. The second-order valence-corrected chi connectivity index (χ2v) is 6.63.